The third kappa shape index (κ3) is 2.07. The van der Waals surface area contributed by atoms with Crippen LogP contribution in [0.15, 0.2) is 16.6 Å². The summed E-state index contributed by atoms with van der Waals surface area (Å²) in [6.07, 6.45) is -3.90. The van der Waals surface area contributed by atoms with Crippen LogP contribution in [0.1, 0.15) is 17.5 Å². The Bertz CT molecular complexity index is 456. The molecule has 86 valence electrons. The standard InChI is InChI=1S/C10H7BrF3NO/c11-6-3-5-1-2-8(16)15-9(5)7(4-6)10(12,13)14/h3-4H,1-2H2,(H,15,16). The van der Waals surface area contributed by atoms with Crippen molar-refractivity contribution in [3.63, 3.8) is 0 Å². The number of aryl methyl sites for hydroxylation is 1. The van der Waals surface area contributed by atoms with Crippen LogP contribution in [0.2, 0.25) is 0 Å². The number of rotatable bonds is 0. The van der Waals surface area contributed by atoms with Gasteiger partial charge in [-0.3, -0.25) is 4.79 Å². The van der Waals surface area contributed by atoms with Gasteiger partial charge in [-0.2, -0.15) is 13.2 Å². The first-order valence-corrected chi connectivity index (χ1v) is 5.36. The van der Waals surface area contributed by atoms with E-state index >= 15 is 0 Å². The van der Waals surface area contributed by atoms with Crippen LogP contribution in [0.4, 0.5) is 18.9 Å². The SMILES string of the molecule is O=C1CCc2cc(Br)cc(C(F)(F)F)c2N1. The Morgan fingerprint density at radius 1 is 1.25 bits per heavy atom. The van der Waals surface area contributed by atoms with Gasteiger partial charge in [-0.1, -0.05) is 15.9 Å². The highest BCUT2D eigenvalue weighted by molar-refractivity contribution is 9.10. The molecule has 0 aromatic heterocycles. The molecule has 1 N–H and O–H groups in total. The van der Waals surface area contributed by atoms with E-state index in [0.29, 0.717) is 16.5 Å². The minimum absolute atomic E-state index is 0.105. The van der Waals surface area contributed by atoms with Crippen LogP contribution in [-0.2, 0) is 17.4 Å². The fourth-order valence-electron chi connectivity index (χ4n) is 1.68. The van der Waals surface area contributed by atoms with Crippen LogP contribution in [-0.4, -0.2) is 5.91 Å². The van der Waals surface area contributed by atoms with Gasteiger partial charge in [-0.05, 0) is 24.1 Å². The van der Waals surface area contributed by atoms with Crippen LogP contribution in [0.5, 0.6) is 0 Å². The predicted octanol–water partition coefficient (Wildman–Crippen LogP) is 3.35. The van der Waals surface area contributed by atoms with Crippen molar-refractivity contribution >= 4 is 27.5 Å². The third-order valence-electron chi connectivity index (χ3n) is 2.38. The summed E-state index contributed by atoms with van der Waals surface area (Å²) in [5.74, 6) is -0.375. The molecular weight excluding hydrogens is 287 g/mol. The molecule has 0 spiro atoms. The minimum Gasteiger partial charge on any atom is -0.325 e. The van der Waals surface area contributed by atoms with Crippen molar-refractivity contribution in [2.24, 2.45) is 0 Å². The lowest BCUT2D eigenvalue weighted by Gasteiger charge is -2.21. The lowest BCUT2D eigenvalue weighted by molar-refractivity contribution is -0.137. The first-order valence-electron chi connectivity index (χ1n) is 4.57. The number of carbonyl (C=O) groups is 1. The molecule has 1 aliphatic rings. The number of hydrogen-bond donors (Lipinski definition) is 1. The molecule has 6 heteroatoms. The summed E-state index contributed by atoms with van der Waals surface area (Å²) >= 11 is 3.04. The van der Waals surface area contributed by atoms with Crippen molar-refractivity contribution in [1.29, 1.82) is 0 Å². The van der Waals surface area contributed by atoms with E-state index in [1.807, 2.05) is 0 Å². The summed E-state index contributed by atoms with van der Waals surface area (Å²) in [5, 5.41) is 2.28. The van der Waals surface area contributed by atoms with E-state index in [4.69, 9.17) is 0 Å². The molecular formula is C10H7BrF3NO. The Morgan fingerprint density at radius 2 is 1.94 bits per heavy atom. The fraction of sp³-hybridized carbons (Fsp3) is 0.300. The van der Waals surface area contributed by atoms with E-state index in [1.54, 1.807) is 6.07 Å². The van der Waals surface area contributed by atoms with E-state index < -0.39 is 11.7 Å². The lowest BCUT2D eigenvalue weighted by Crippen LogP contribution is -2.22. The molecule has 1 aromatic rings. The van der Waals surface area contributed by atoms with Crippen molar-refractivity contribution in [2.45, 2.75) is 19.0 Å². The van der Waals surface area contributed by atoms with Crippen LogP contribution in [0, 0.1) is 0 Å². The van der Waals surface area contributed by atoms with E-state index in [0.717, 1.165) is 6.07 Å². The fourth-order valence-corrected chi connectivity index (χ4v) is 2.19. The molecule has 1 amide bonds. The summed E-state index contributed by atoms with van der Waals surface area (Å²) in [5.41, 5.74) is -0.391. The number of benzene rings is 1. The number of carbonyl (C=O) groups excluding carboxylic acids is 1. The van der Waals surface area contributed by atoms with Gasteiger partial charge in [0, 0.05) is 10.9 Å². The summed E-state index contributed by atoms with van der Waals surface area (Å²) in [6, 6.07) is 2.58. The number of hydrogen-bond acceptors (Lipinski definition) is 1. The van der Waals surface area contributed by atoms with E-state index in [1.165, 1.54) is 0 Å². The molecule has 1 aliphatic heterocycles. The molecule has 16 heavy (non-hydrogen) atoms. The zero-order valence-corrected chi connectivity index (χ0v) is 9.58. The average Bonchev–Trinajstić information content (AvgIpc) is 2.16. The molecule has 0 aliphatic carbocycles. The lowest BCUT2D eigenvalue weighted by atomic mass is 9.99. The van der Waals surface area contributed by atoms with Crippen LogP contribution in [0.3, 0.4) is 0 Å². The minimum atomic E-state index is -4.46. The van der Waals surface area contributed by atoms with E-state index in [-0.39, 0.29) is 18.0 Å². The Labute approximate surface area is 98.0 Å². The van der Waals surface area contributed by atoms with Gasteiger partial charge in [0.25, 0.3) is 0 Å². The Hall–Kier alpha value is -1.04. The second-order valence-electron chi connectivity index (χ2n) is 3.53. The summed E-state index contributed by atoms with van der Waals surface area (Å²) in [6.45, 7) is 0. The normalized spacial score (nSPS) is 15.6. The summed E-state index contributed by atoms with van der Waals surface area (Å²) in [4.78, 5) is 11.1. The highest BCUT2D eigenvalue weighted by Crippen LogP contribution is 2.40. The molecule has 0 fully saturated rings. The number of nitrogens with one attached hydrogen (secondary N) is 1. The van der Waals surface area contributed by atoms with Gasteiger partial charge < -0.3 is 5.32 Å². The van der Waals surface area contributed by atoms with Crippen molar-refractivity contribution in [3.05, 3.63) is 27.7 Å². The number of halogens is 4. The Morgan fingerprint density at radius 3 is 2.56 bits per heavy atom. The maximum Gasteiger partial charge on any atom is 0.418 e. The smallest absolute Gasteiger partial charge is 0.325 e. The van der Waals surface area contributed by atoms with Gasteiger partial charge in [0.15, 0.2) is 0 Å². The maximum absolute atomic E-state index is 12.7. The highest BCUT2D eigenvalue weighted by Gasteiger charge is 2.36. The molecule has 0 unspecified atom stereocenters. The van der Waals surface area contributed by atoms with Crippen LogP contribution < -0.4 is 5.32 Å². The molecule has 0 atom stereocenters. The second-order valence-corrected chi connectivity index (χ2v) is 4.45. The van der Waals surface area contributed by atoms with Gasteiger partial charge in [-0.25, -0.2) is 0 Å². The zero-order chi connectivity index (χ0) is 11.9. The quantitative estimate of drug-likeness (QED) is 0.781. The zero-order valence-electron chi connectivity index (χ0n) is 7.99. The summed E-state index contributed by atoms with van der Waals surface area (Å²) in [7, 11) is 0. The third-order valence-corrected chi connectivity index (χ3v) is 2.83. The molecule has 1 aromatic carbocycles. The van der Waals surface area contributed by atoms with Gasteiger partial charge in [0.1, 0.15) is 0 Å². The molecule has 0 saturated heterocycles. The molecule has 0 bridgehead atoms. The van der Waals surface area contributed by atoms with Crippen LogP contribution >= 0.6 is 15.9 Å². The van der Waals surface area contributed by atoms with Gasteiger partial charge >= 0.3 is 6.18 Å². The van der Waals surface area contributed by atoms with Crippen molar-refractivity contribution in [1.82, 2.24) is 0 Å². The van der Waals surface area contributed by atoms with Gasteiger partial charge in [0.05, 0.1) is 11.3 Å². The Balaban J connectivity index is 2.60. The summed E-state index contributed by atoms with van der Waals surface area (Å²) < 4.78 is 38.5. The second kappa shape index (κ2) is 3.76. The van der Waals surface area contributed by atoms with E-state index in [2.05, 4.69) is 21.2 Å². The molecule has 2 nitrogen and oxygen atoms in total. The number of alkyl halides is 3. The van der Waals surface area contributed by atoms with Crippen molar-refractivity contribution in [3.8, 4) is 0 Å². The largest absolute Gasteiger partial charge is 0.418 e. The van der Waals surface area contributed by atoms with Crippen LogP contribution in [0.25, 0.3) is 0 Å². The molecule has 2 rings (SSSR count). The predicted molar refractivity (Wildman–Crippen MR) is 56.1 cm³/mol. The van der Waals surface area contributed by atoms with E-state index in [9.17, 15) is 18.0 Å². The number of fused-ring (bicyclic) bond motifs is 1. The Kier molecular flexibility index (Phi) is 2.69. The number of amides is 1. The topological polar surface area (TPSA) is 29.1 Å². The maximum atomic E-state index is 12.7. The molecule has 0 radical (unpaired) electrons. The number of anilines is 1. The average molecular weight is 294 g/mol. The molecule has 0 saturated carbocycles. The van der Waals surface area contributed by atoms with Gasteiger partial charge in [0.2, 0.25) is 5.91 Å². The first kappa shape index (κ1) is 11.4. The van der Waals surface area contributed by atoms with Gasteiger partial charge in [-0.15, -0.1) is 0 Å². The van der Waals surface area contributed by atoms with Crippen molar-refractivity contribution < 1.29 is 18.0 Å². The molecule has 1 heterocycles. The highest BCUT2D eigenvalue weighted by atomic mass is 79.9. The monoisotopic (exact) mass is 293 g/mol. The first-order chi connectivity index (χ1) is 7.38. The van der Waals surface area contributed by atoms with Crippen molar-refractivity contribution in [2.75, 3.05) is 5.32 Å².